The Labute approximate surface area is 102 Å². The highest BCUT2D eigenvalue weighted by Gasteiger charge is 2.16. The molecule has 0 amide bonds. The molecule has 16 heavy (non-hydrogen) atoms. The number of thiocarbonyl (C=S) groups is 1. The second-order valence-corrected chi connectivity index (χ2v) is 4.29. The summed E-state index contributed by atoms with van der Waals surface area (Å²) in [6.07, 6.45) is 1.07. The van der Waals surface area contributed by atoms with Crippen molar-refractivity contribution in [3.8, 4) is 0 Å². The molecule has 2 N–H and O–H groups in total. The largest absolute Gasteiger partial charge is 0.360 e. The molecule has 0 saturated carbocycles. The highest BCUT2D eigenvalue weighted by atomic mass is 32.1. The Morgan fingerprint density at radius 3 is 2.69 bits per heavy atom. The van der Waals surface area contributed by atoms with Gasteiger partial charge in [-0.2, -0.15) is 0 Å². The first-order valence-corrected chi connectivity index (χ1v) is 6.01. The average Bonchev–Trinajstić information content (AvgIpc) is 2.74. The Kier molecular flexibility index (Phi) is 3.74. The number of nitrogens with zero attached hydrogens (tertiary/aromatic N) is 1. The van der Waals surface area contributed by atoms with Gasteiger partial charge in [-0.05, 0) is 49.9 Å². The van der Waals surface area contributed by atoms with Crippen LogP contribution in [0.3, 0.4) is 0 Å². The molecule has 2 rings (SSSR count). The van der Waals surface area contributed by atoms with Crippen LogP contribution in [0.5, 0.6) is 0 Å². The van der Waals surface area contributed by atoms with Gasteiger partial charge in [-0.3, -0.25) is 0 Å². The summed E-state index contributed by atoms with van der Waals surface area (Å²) in [7, 11) is 1.97. The van der Waals surface area contributed by atoms with Crippen LogP contribution in [0.4, 0.5) is 5.69 Å². The summed E-state index contributed by atoms with van der Waals surface area (Å²) in [6, 6.07) is 8.63. The predicted molar refractivity (Wildman–Crippen MR) is 72.0 cm³/mol. The van der Waals surface area contributed by atoms with Crippen LogP contribution >= 0.6 is 12.2 Å². The molecule has 1 aliphatic heterocycles. The van der Waals surface area contributed by atoms with E-state index in [1.165, 1.54) is 11.3 Å². The second-order valence-electron chi connectivity index (χ2n) is 3.90. The zero-order chi connectivity index (χ0) is 11.4. The van der Waals surface area contributed by atoms with Gasteiger partial charge in [0.05, 0.1) is 0 Å². The fourth-order valence-electron chi connectivity index (χ4n) is 1.83. The van der Waals surface area contributed by atoms with E-state index in [2.05, 4.69) is 39.8 Å². The Morgan fingerprint density at radius 1 is 1.38 bits per heavy atom. The number of nitrogens with one attached hydrogen (secondary N) is 2. The van der Waals surface area contributed by atoms with Gasteiger partial charge in [-0.15, -0.1) is 0 Å². The molecule has 1 aromatic carbocycles. The minimum absolute atomic E-state index is 0.836. The Morgan fingerprint density at radius 2 is 2.12 bits per heavy atom. The molecule has 0 atom stereocenters. The summed E-state index contributed by atoms with van der Waals surface area (Å²) < 4.78 is 0. The smallest absolute Gasteiger partial charge is 0.173 e. The van der Waals surface area contributed by atoms with Crippen molar-refractivity contribution in [2.75, 3.05) is 31.6 Å². The van der Waals surface area contributed by atoms with Crippen molar-refractivity contribution in [1.82, 2.24) is 10.6 Å². The lowest BCUT2D eigenvalue weighted by Gasteiger charge is -2.16. The topological polar surface area (TPSA) is 27.3 Å². The van der Waals surface area contributed by atoms with Crippen LogP contribution in [-0.4, -0.2) is 31.8 Å². The van der Waals surface area contributed by atoms with Gasteiger partial charge >= 0.3 is 0 Å². The molecule has 3 nitrogen and oxygen atoms in total. The minimum Gasteiger partial charge on any atom is -0.360 e. The molecule has 1 fully saturated rings. The van der Waals surface area contributed by atoms with Crippen LogP contribution < -0.4 is 15.5 Å². The fraction of sp³-hybridized carbons (Fsp3) is 0.417. The van der Waals surface area contributed by atoms with Crippen molar-refractivity contribution in [2.45, 2.75) is 6.42 Å². The van der Waals surface area contributed by atoms with Gasteiger partial charge in [0.2, 0.25) is 0 Å². The maximum absolute atomic E-state index is 5.23. The third-order valence-electron chi connectivity index (χ3n) is 2.77. The number of benzene rings is 1. The maximum Gasteiger partial charge on any atom is 0.173 e. The van der Waals surface area contributed by atoms with Crippen LogP contribution in [0.2, 0.25) is 0 Å². The lowest BCUT2D eigenvalue weighted by molar-refractivity contribution is 0.792. The zero-order valence-corrected chi connectivity index (χ0v) is 10.3. The molecule has 0 aromatic heterocycles. The predicted octanol–water partition coefficient (Wildman–Crippen LogP) is 1.14. The van der Waals surface area contributed by atoms with E-state index in [9.17, 15) is 0 Å². The minimum atomic E-state index is 0.836. The van der Waals surface area contributed by atoms with E-state index in [0.717, 1.165) is 31.2 Å². The van der Waals surface area contributed by atoms with Crippen LogP contribution in [0.1, 0.15) is 5.56 Å². The Bertz CT molecular complexity index is 361. The van der Waals surface area contributed by atoms with Crippen molar-refractivity contribution in [3.63, 3.8) is 0 Å². The SMILES string of the molecule is CNCCc1ccc(N2CCNC2=S)cc1. The highest BCUT2D eigenvalue weighted by molar-refractivity contribution is 7.80. The van der Waals surface area contributed by atoms with Crippen LogP contribution in [-0.2, 0) is 6.42 Å². The van der Waals surface area contributed by atoms with E-state index in [0.29, 0.717) is 0 Å². The molecule has 4 heteroatoms. The lowest BCUT2D eigenvalue weighted by atomic mass is 10.1. The first kappa shape index (κ1) is 11.4. The van der Waals surface area contributed by atoms with Crippen LogP contribution in [0.15, 0.2) is 24.3 Å². The molecule has 0 radical (unpaired) electrons. The molecule has 1 aliphatic rings. The van der Waals surface area contributed by atoms with Gasteiger partial charge in [0, 0.05) is 18.8 Å². The van der Waals surface area contributed by atoms with E-state index >= 15 is 0 Å². The van der Waals surface area contributed by atoms with Crippen molar-refractivity contribution in [3.05, 3.63) is 29.8 Å². The van der Waals surface area contributed by atoms with Crippen molar-refractivity contribution in [1.29, 1.82) is 0 Å². The standard InChI is InChI=1S/C12H17N3S/c1-13-7-6-10-2-4-11(5-3-10)15-9-8-14-12(15)16/h2-5,13H,6-9H2,1H3,(H,14,16). The maximum atomic E-state index is 5.23. The third kappa shape index (κ3) is 2.51. The molecular formula is C12H17N3S. The third-order valence-corrected chi connectivity index (χ3v) is 3.13. The van der Waals surface area contributed by atoms with Crippen molar-refractivity contribution < 1.29 is 0 Å². The molecule has 1 heterocycles. The van der Waals surface area contributed by atoms with Gasteiger partial charge in [0.15, 0.2) is 5.11 Å². The second kappa shape index (κ2) is 5.27. The number of anilines is 1. The van der Waals surface area contributed by atoms with Crippen molar-refractivity contribution in [2.24, 2.45) is 0 Å². The molecule has 86 valence electrons. The van der Waals surface area contributed by atoms with Crippen LogP contribution in [0.25, 0.3) is 0 Å². The highest BCUT2D eigenvalue weighted by Crippen LogP contribution is 2.17. The summed E-state index contributed by atoms with van der Waals surface area (Å²) in [5.74, 6) is 0. The van der Waals surface area contributed by atoms with E-state index in [4.69, 9.17) is 12.2 Å². The number of hydrogen-bond donors (Lipinski definition) is 2. The molecule has 0 aliphatic carbocycles. The van der Waals surface area contributed by atoms with Gasteiger partial charge < -0.3 is 15.5 Å². The summed E-state index contributed by atoms with van der Waals surface area (Å²) in [4.78, 5) is 2.14. The molecule has 0 spiro atoms. The first-order chi connectivity index (χ1) is 7.81. The summed E-state index contributed by atoms with van der Waals surface area (Å²) in [6.45, 7) is 2.93. The fourth-order valence-corrected chi connectivity index (χ4v) is 2.13. The Balaban J connectivity index is 2.04. The number of rotatable bonds is 4. The average molecular weight is 235 g/mol. The van der Waals surface area contributed by atoms with E-state index in [-0.39, 0.29) is 0 Å². The monoisotopic (exact) mass is 235 g/mol. The molecule has 1 saturated heterocycles. The molecule has 0 unspecified atom stereocenters. The van der Waals surface area contributed by atoms with E-state index < -0.39 is 0 Å². The molecule has 0 bridgehead atoms. The zero-order valence-electron chi connectivity index (χ0n) is 9.49. The number of hydrogen-bond acceptors (Lipinski definition) is 2. The van der Waals surface area contributed by atoms with Crippen LogP contribution in [0, 0.1) is 0 Å². The van der Waals surface area contributed by atoms with E-state index in [1.807, 2.05) is 7.05 Å². The Hall–Kier alpha value is -1.13. The van der Waals surface area contributed by atoms with Gasteiger partial charge in [-0.25, -0.2) is 0 Å². The summed E-state index contributed by atoms with van der Waals surface area (Å²) in [5, 5.41) is 7.15. The van der Waals surface area contributed by atoms with Gasteiger partial charge in [0.1, 0.15) is 0 Å². The van der Waals surface area contributed by atoms with Crippen molar-refractivity contribution >= 4 is 23.0 Å². The number of likely N-dealkylation sites (N-methyl/N-ethyl adjacent to an activating group) is 1. The quantitative estimate of drug-likeness (QED) is 0.766. The summed E-state index contributed by atoms with van der Waals surface area (Å²) >= 11 is 5.23. The first-order valence-electron chi connectivity index (χ1n) is 5.60. The summed E-state index contributed by atoms with van der Waals surface area (Å²) in [5.41, 5.74) is 2.54. The normalized spacial score (nSPS) is 15.3. The lowest BCUT2D eigenvalue weighted by Crippen LogP contribution is -2.27. The van der Waals surface area contributed by atoms with E-state index in [1.54, 1.807) is 0 Å². The van der Waals surface area contributed by atoms with Gasteiger partial charge in [-0.1, -0.05) is 12.1 Å². The van der Waals surface area contributed by atoms with Gasteiger partial charge in [0.25, 0.3) is 0 Å². The molecular weight excluding hydrogens is 218 g/mol. The molecule has 1 aromatic rings.